The van der Waals surface area contributed by atoms with Gasteiger partial charge in [0.25, 0.3) is 0 Å². The van der Waals surface area contributed by atoms with Crippen LogP contribution in [-0.4, -0.2) is 16.5 Å². The van der Waals surface area contributed by atoms with Gasteiger partial charge >= 0.3 is 0 Å². The molecule has 0 aliphatic carbocycles. The Hall–Kier alpha value is -1.26. The molecule has 106 valence electrons. The number of hydrogen-bond donors (Lipinski definition) is 1. The number of aromatic nitrogens is 2. The molecule has 3 nitrogen and oxygen atoms in total. The van der Waals surface area contributed by atoms with Crippen LogP contribution in [0, 0.1) is 13.8 Å². The zero-order valence-electron chi connectivity index (χ0n) is 12.4. The number of benzene rings is 1. The first-order valence-corrected chi connectivity index (χ1v) is 7.45. The molecule has 2 aromatic rings. The number of halogens is 1. The van der Waals surface area contributed by atoms with Crippen molar-refractivity contribution in [1.29, 1.82) is 0 Å². The summed E-state index contributed by atoms with van der Waals surface area (Å²) in [5, 5.41) is 0. The third-order valence-electron chi connectivity index (χ3n) is 3.45. The lowest BCUT2D eigenvalue weighted by Gasteiger charge is -2.21. The summed E-state index contributed by atoms with van der Waals surface area (Å²) in [6.45, 7) is 8.74. The zero-order chi connectivity index (χ0) is 14.9. The van der Waals surface area contributed by atoms with E-state index in [0.717, 1.165) is 27.2 Å². The van der Waals surface area contributed by atoms with Crippen LogP contribution in [0.3, 0.4) is 0 Å². The van der Waals surface area contributed by atoms with E-state index in [2.05, 4.69) is 53.8 Å². The molecule has 1 aromatic carbocycles. The molecule has 4 heteroatoms. The minimum Gasteiger partial charge on any atom is -0.329 e. The van der Waals surface area contributed by atoms with Crippen molar-refractivity contribution >= 4 is 15.9 Å². The average molecular weight is 334 g/mol. The zero-order valence-corrected chi connectivity index (χ0v) is 14.0. The minimum absolute atomic E-state index is 0.222. The second-order valence-electron chi connectivity index (χ2n) is 5.77. The van der Waals surface area contributed by atoms with Gasteiger partial charge in [-0.05, 0) is 37.6 Å². The fourth-order valence-corrected chi connectivity index (χ4v) is 2.33. The van der Waals surface area contributed by atoms with E-state index in [4.69, 9.17) is 10.7 Å². The largest absolute Gasteiger partial charge is 0.329 e. The maximum Gasteiger partial charge on any atom is 0.136 e. The lowest BCUT2D eigenvalue weighted by atomic mass is 9.92. The molecule has 0 saturated heterocycles. The molecule has 0 radical (unpaired) electrons. The summed E-state index contributed by atoms with van der Waals surface area (Å²) in [4.78, 5) is 9.29. The Morgan fingerprint density at radius 3 is 2.50 bits per heavy atom. The second kappa shape index (κ2) is 5.62. The number of rotatable bonds is 3. The highest BCUT2D eigenvalue weighted by Crippen LogP contribution is 2.28. The molecule has 1 heterocycles. The first kappa shape index (κ1) is 15.1. The number of nitrogens with zero attached hydrogens (tertiary/aromatic N) is 2. The molecule has 1 aromatic heterocycles. The molecule has 0 spiro atoms. The number of aryl methyl sites for hydroxylation is 2. The fraction of sp³-hybridized carbons (Fsp3) is 0.375. The smallest absolute Gasteiger partial charge is 0.136 e. The van der Waals surface area contributed by atoms with E-state index in [1.165, 1.54) is 5.56 Å². The Balaban J connectivity index is 2.61. The predicted octanol–water partition coefficient (Wildman–Crippen LogP) is 3.76. The summed E-state index contributed by atoms with van der Waals surface area (Å²) in [5.74, 6) is 0.800. The van der Waals surface area contributed by atoms with E-state index < -0.39 is 0 Å². The van der Waals surface area contributed by atoms with Crippen LogP contribution in [-0.2, 0) is 5.41 Å². The van der Waals surface area contributed by atoms with E-state index >= 15 is 0 Å². The third-order valence-corrected chi connectivity index (χ3v) is 3.94. The maximum absolute atomic E-state index is 5.84. The van der Waals surface area contributed by atoms with Crippen molar-refractivity contribution in [2.45, 2.75) is 33.1 Å². The fourth-order valence-electron chi connectivity index (χ4n) is 1.97. The van der Waals surface area contributed by atoms with Crippen LogP contribution in [0.5, 0.6) is 0 Å². The average Bonchev–Trinajstić information content (AvgIpc) is 2.40. The quantitative estimate of drug-likeness (QED) is 0.930. The monoisotopic (exact) mass is 333 g/mol. The molecule has 0 unspecified atom stereocenters. The van der Waals surface area contributed by atoms with Crippen LogP contribution in [0.15, 0.2) is 28.7 Å². The summed E-state index contributed by atoms with van der Waals surface area (Å²) in [6.07, 6.45) is 0. The second-order valence-corrected chi connectivity index (χ2v) is 6.68. The van der Waals surface area contributed by atoms with Gasteiger partial charge in [-0.3, -0.25) is 0 Å². The van der Waals surface area contributed by atoms with Crippen molar-refractivity contribution < 1.29 is 0 Å². The predicted molar refractivity (Wildman–Crippen MR) is 86.7 cm³/mol. The third kappa shape index (κ3) is 3.07. The standard InChI is InChI=1S/C16H20BrN3/c1-10-5-6-12(17)8-13(10)14-7-11(2)19-15(20-14)16(3,4)9-18/h5-8H,9,18H2,1-4H3. The lowest BCUT2D eigenvalue weighted by molar-refractivity contribution is 0.501. The normalized spacial score (nSPS) is 11.7. The van der Waals surface area contributed by atoms with Gasteiger partial charge in [-0.1, -0.05) is 35.8 Å². The van der Waals surface area contributed by atoms with Crippen molar-refractivity contribution in [1.82, 2.24) is 9.97 Å². The minimum atomic E-state index is -0.222. The highest BCUT2D eigenvalue weighted by Gasteiger charge is 2.23. The Kier molecular flexibility index (Phi) is 4.25. The van der Waals surface area contributed by atoms with Crippen LogP contribution in [0.2, 0.25) is 0 Å². The van der Waals surface area contributed by atoms with Crippen molar-refractivity contribution in [3.63, 3.8) is 0 Å². The van der Waals surface area contributed by atoms with Gasteiger partial charge in [0, 0.05) is 27.7 Å². The van der Waals surface area contributed by atoms with Gasteiger partial charge in [0.05, 0.1) is 5.69 Å². The van der Waals surface area contributed by atoms with Crippen molar-refractivity contribution in [3.8, 4) is 11.3 Å². The highest BCUT2D eigenvalue weighted by molar-refractivity contribution is 9.10. The molecule has 0 aliphatic rings. The molecule has 0 bridgehead atoms. The molecule has 2 rings (SSSR count). The summed E-state index contributed by atoms with van der Waals surface area (Å²) in [7, 11) is 0. The van der Waals surface area contributed by atoms with E-state index in [1.54, 1.807) is 0 Å². The maximum atomic E-state index is 5.84. The van der Waals surface area contributed by atoms with Gasteiger partial charge in [0.15, 0.2) is 0 Å². The molecule has 0 aliphatic heterocycles. The van der Waals surface area contributed by atoms with Gasteiger partial charge in [-0.15, -0.1) is 0 Å². The van der Waals surface area contributed by atoms with Crippen molar-refractivity contribution in [2.24, 2.45) is 5.73 Å². The summed E-state index contributed by atoms with van der Waals surface area (Å²) in [5.41, 5.74) is 9.86. The van der Waals surface area contributed by atoms with Gasteiger partial charge in [0.1, 0.15) is 5.82 Å². The van der Waals surface area contributed by atoms with Crippen molar-refractivity contribution in [3.05, 3.63) is 45.8 Å². The molecular weight excluding hydrogens is 314 g/mol. The topological polar surface area (TPSA) is 51.8 Å². The number of hydrogen-bond acceptors (Lipinski definition) is 3. The Morgan fingerprint density at radius 1 is 1.15 bits per heavy atom. The SMILES string of the molecule is Cc1cc(-c2cc(Br)ccc2C)nc(C(C)(C)CN)n1. The summed E-state index contributed by atoms with van der Waals surface area (Å²) < 4.78 is 1.05. The van der Waals surface area contributed by atoms with Gasteiger partial charge < -0.3 is 5.73 Å². The Bertz CT molecular complexity index is 636. The molecule has 2 N–H and O–H groups in total. The highest BCUT2D eigenvalue weighted by atomic mass is 79.9. The lowest BCUT2D eigenvalue weighted by Crippen LogP contribution is -2.30. The van der Waals surface area contributed by atoms with Crippen molar-refractivity contribution in [2.75, 3.05) is 6.54 Å². The van der Waals surface area contributed by atoms with Crippen LogP contribution in [0.25, 0.3) is 11.3 Å². The molecule has 0 amide bonds. The van der Waals surface area contributed by atoms with Gasteiger partial charge in [0.2, 0.25) is 0 Å². The molecule has 0 saturated carbocycles. The van der Waals surface area contributed by atoms with Gasteiger partial charge in [-0.2, -0.15) is 0 Å². The van der Waals surface area contributed by atoms with Gasteiger partial charge in [-0.25, -0.2) is 9.97 Å². The van der Waals surface area contributed by atoms with Crippen LogP contribution < -0.4 is 5.73 Å². The van der Waals surface area contributed by atoms with Crippen LogP contribution in [0.4, 0.5) is 0 Å². The van der Waals surface area contributed by atoms with E-state index in [9.17, 15) is 0 Å². The van der Waals surface area contributed by atoms with E-state index in [1.807, 2.05) is 19.1 Å². The molecular formula is C16H20BrN3. The summed E-state index contributed by atoms with van der Waals surface area (Å²) >= 11 is 3.52. The Labute approximate surface area is 128 Å². The summed E-state index contributed by atoms with van der Waals surface area (Å²) in [6, 6.07) is 8.24. The Morgan fingerprint density at radius 2 is 1.85 bits per heavy atom. The molecule has 20 heavy (non-hydrogen) atoms. The van der Waals surface area contributed by atoms with Crippen LogP contribution >= 0.6 is 15.9 Å². The first-order valence-electron chi connectivity index (χ1n) is 6.66. The van der Waals surface area contributed by atoms with E-state index in [-0.39, 0.29) is 5.41 Å². The van der Waals surface area contributed by atoms with Crippen LogP contribution in [0.1, 0.15) is 30.9 Å². The molecule has 0 atom stereocenters. The molecule has 0 fully saturated rings. The van der Waals surface area contributed by atoms with E-state index in [0.29, 0.717) is 6.54 Å². The first-order chi connectivity index (χ1) is 9.33. The number of nitrogens with two attached hydrogens (primary N) is 1.